The Balaban J connectivity index is 1.97. The zero-order valence-corrected chi connectivity index (χ0v) is 11.4. The molecule has 1 aliphatic heterocycles. The van der Waals surface area contributed by atoms with E-state index in [4.69, 9.17) is 17.3 Å². The number of halogens is 1. The van der Waals surface area contributed by atoms with Crippen LogP contribution in [-0.4, -0.2) is 25.3 Å². The van der Waals surface area contributed by atoms with E-state index in [0.29, 0.717) is 23.2 Å². The average Bonchev–Trinajstić information content (AvgIpc) is 2.94. The zero-order valence-electron chi connectivity index (χ0n) is 9.84. The Kier molecular flexibility index (Phi) is 2.80. The van der Waals surface area contributed by atoms with Crippen LogP contribution in [-0.2, 0) is 10.0 Å². The minimum absolute atomic E-state index is 0.177. The van der Waals surface area contributed by atoms with E-state index in [9.17, 15) is 8.42 Å². The average molecular weight is 287 g/mol. The molecule has 0 aromatic heterocycles. The normalized spacial score (nSPS) is 27.8. The number of nitrogens with two attached hydrogens (primary N) is 1. The third-order valence-corrected chi connectivity index (χ3v) is 6.18. The van der Waals surface area contributed by atoms with Crippen molar-refractivity contribution in [3.63, 3.8) is 0 Å². The third-order valence-electron chi connectivity index (χ3n) is 3.94. The fourth-order valence-electron chi connectivity index (χ4n) is 2.98. The van der Waals surface area contributed by atoms with Gasteiger partial charge < -0.3 is 5.73 Å². The largest absolute Gasteiger partial charge is 0.398 e. The van der Waals surface area contributed by atoms with Crippen molar-refractivity contribution in [2.45, 2.75) is 30.2 Å². The summed E-state index contributed by atoms with van der Waals surface area (Å²) in [5.41, 5.74) is 6.01. The van der Waals surface area contributed by atoms with E-state index in [0.717, 1.165) is 19.3 Å². The van der Waals surface area contributed by atoms with Crippen LogP contribution in [0.1, 0.15) is 19.3 Å². The molecule has 0 spiro atoms. The van der Waals surface area contributed by atoms with Crippen molar-refractivity contribution < 1.29 is 8.42 Å². The van der Waals surface area contributed by atoms with E-state index in [1.807, 2.05) is 0 Å². The molecule has 2 bridgehead atoms. The Bertz CT molecular complexity index is 588. The van der Waals surface area contributed by atoms with E-state index in [1.165, 1.54) is 12.1 Å². The first-order valence-corrected chi connectivity index (χ1v) is 7.87. The van der Waals surface area contributed by atoms with Crippen LogP contribution in [0.3, 0.4) is 0 Å². The van der Waals surface area contributed by atoms with E-state index in [-0.39, 0.29) is 10.9 Å². The molecule has 1 saturated heterocycles. The van der Waals surface area contributed by atoms with E-state index >= 15 is 0 Å². The summed E-state index contributed by atoms with van der Waals surface area (Å²) in [6.07, 6.45) is 3.13. The minimum Gasteiger partial charge on any atom is -0.398 e. The summed E-state index contributed by atoms with van der Waals surface area (Å²) in [7, 11) is -3.42. The van der Waals surface area contributed by atoms with Crippen molar-refractivity contribution in [3.05, 3.63) is 23.2 Å². The van der Waals surface area contributed by atoms with Crippen LogP contribution in [0.25, 0.3) is 0 Å². The second kappa shape index (κ2) is 4.11. The van der Waals surface area contributed by atoms with Crippen molar-refractivity contribution in [2.75, 3.05) is 12.3 Å². The Hall–Kier alpha value is -0.780. The lowest BCUT2D eigenvalue weighted by Crippen LogP contribution is -2.37. The van der Waals surface area contributed by atoms with Gasteiger partial charge in [-0.15, -0.1) is 0 Å². The fraction of sp³-hybridized carbons (Fsp3) is 0.500. The van der Waals surface area contributed by atoms with Crippen molar-refractivity contribution in [3.8, 4) is 0 Å². The number of hydrogen-bond donors (Lipinski definition) is 1. The molecular weight excluding hydrogens is 272 g/mol. The van der Waals surface area contributed by atoms with Crippen molar-refractivity contribution in [2.24, 2.45) is 5.92 Å². The number of rotatable bonds is 2. The lowest BCUT2D eigenvalue weighted by molar-refractivity contribution is 0.333. The van der Waals surface area contributed by atoms with Crippen molar-refractivity contribution in [1.82, 2.24) is 4.31 Å². The number of nitrogen functional groups attached to an aromatic ring is 1. The standard InChI is InChI=1S/C12H15ClN2O2S/c13-11-6-10(3-4-12(11)14)18(16,17)15-7-8-1-2-9(15)5-8/h3-4,6,8-9H,1-2,5,7,14H2. The maximum Gasteiger partial charge on any atom is 0.243 e. The van der Waals surface area contributed by atoms with Gasteiger partial charge in [-0.2, -0.15) is 4.31 Å². The maximum atomic E-state index is 12.5. The molecule has 1 heterocycles. The number of benzene rings is 1. The van der Waals surface area contributed by atoms with Gasteiger partial charge in [0.1, 0.15) is 0 Å². The van der Waals surface area contributed by atoms with Gasteiger partial charge in [0.05, 0.1) is 15.6 Å². The molecule has 2 N–H and O–H groups in total. The van der Waals surface area contributed by atoms with Crippen LogP contribution < -0.4 is 5.73 Å². The predicted octanol–water partition coefficient (Wildman–Crippen LogP) is 2.10. The van der Waals surface area contributed by atoms with Gasteiger partial charge in [-0.05, 0) is 43.4 Å². The molecule has 18 heavy (non-hydrogen) atoms. The quantitative estimate of drug-likeness (QED) is 0.847. The SMILES string of the molecule is Nc1ccc(S(=O)(=O)N2CC3CCC2C3)cc1Cl. The van der Waals surface area contributed by atoms with Gasteiger partial charge in [0.25, 0.3) is 0 Å². The lowest BCUT2D eigenvalue weighted by atomic mass is 10.1. The van der Waals surface area contributed by atoms with Gasteiger partial charge in [0, 0.05) is 12.6 Å². The number of hydrogen-bond acceptors (Lipinski definition) is 3. The maximum absolute atomic E-state index is 12.5. The summed E-state index contributed by atoms with van der Waals surface area (Å²) in [4.78, 5) is 0.245. The van der Waals surface area contributed by atoms with Crippen LogP contribution in [0.15, 0.2) is 23.1 Å². The lowest BCUT2D eigenvalue weighted by Gasteiger charge is -2.26. The molecule has 1 aromatic rings. The Morgan fingerprint density at radius 2 is 2.11 bits per heavy atom. The van der Waals surface area contributed by atoms with Gasteiger partial charge in [-0.25, -0.2) is 8.42 Å². The molecule has 1 saturated carbocycles. The number of anilines is 1. The molecule has 98 valence electrons. The van der Waals surface area contributed by atoms with E-state index in [2.05, 4.69) is 0 Å². The highest BCUT2D eigenvalue weighted by molar-refractivity contribution is 7.89. The summed E-state index contributed by atoms with van der Waals surface area (Å²) in [6, 6.07) is 4.70. The van der Waals surface area contributed by atoms with Gasteiger partial charge in [0.2, 0.25) is 10.0 Å². The second-order valence-electron chi connectivity index (χ2n) is 5.09. The molecular formula is C12H15ClN2O2S. The zero-order chi connectivity index (χ0) is 12.9. The van der Waals surface area contributed by atoms with E-state index in [1.54, 1.807) is 10.4 Å². The molecule has 1 aliphatic carbocycles. The topological polar surface area (TPSA) is 63.4 Å². The molecule has 2 unspecified atom stereocenters. The second-order valence-corrected chi connectivity index (χ2v) is 7.39. The van der Waals surface area contributed by atoms with Gasteiger partial charge >= 0.3 is 0 Å². The molecule has 2 fully saturated rings. The molecule has 0 radical (unpaired) electrons. The summed E-state index contributed by atoms with van der Waals surface area (Å²) in [6.45, 7) is 0.648. The first-order valence-electron chi connectivity index (χ1n) is 6.05. The molecule has 1 aromatic carbocycles. The molecule has 2 aliphatic rings. The Morgan fingerprint density at radius 3 is 2.67 bits per heavy atom. The fourth-order valence-corrected chi connectivity index (χ4v) is 4.99. The highest BCUT2D eigenvalue weighted by atomic mass is 35.5. The van der Waals surface area contributed by atoms with Gasteiger partial charge in [0.15, 0.2) is 0 Å². The van der Waals surface area contributed by atoms with Crippen molar-refractivity contribution in [1.29, 1.82) is 0 Å². The summed E-state index contributed by atoms with van der Waals surface area (Å²) in [5, 5.41) is 0.292. The monoisotopic (exact) mass is 286 g/mol. The summed E-state index contributed by atoms with van der Waals surface area (Å²) >= 11 is 5.90. The highest BCUT2D eigenvalue weighted by Crippen LogP contribution is 2.40. The number of fused-ring (bicyclic) bond motifs is 2. The predicted molar refractivity (Wildman–Crippen MR) is 70.9 cm³/mol. The third kappa shape index (κ3) is 1.81. The Labute approximate surface area is 112 Å². The van der Waals surface area contributed by atoms with E-state index < -0.39 is 10.0 Å². The highest BCUT2D eigenvalue weighted by Gasteiger charge is 2.44. The van der Waals surface area contributed by atoms with Crippen LogP contribution in [0, 0.1) is 5.92 Å². The first-order chi connectivity index (χ1) is 8.48. The molecule has 6 heteroatoms. The van der Waals surface area contributed by atoms with Crippen LogP contribution >= 0.6 is 11.6 Å². The minimum atomic E-state index is -3.42. The number of piperidine rings is 1. The van der Waals surface area contributed by atoms with Gasteiger partial charge in [-0.3, -0.25) is 0 Å². The van der Waals surface area contributed by atoms with Crippen molar-refractivity contribution >= 4 is 27.3 Å². The van der Waals surface area contributed by atoms with Crippen LogP contribution in [0.5, 0.6) is 0 Å². The van der Waals surface area contributed by atoms with Gasteiger partial charge in [-0.1, -0.05) is 11.6 Å². The molecule has 2 atom stereocenters. The Morgan fingerprint density at radius 1 is 1.33 bits per heavy atom. The molecule has 0 amide bonds. The molecule has 3 rings (SSSR count). The number of sulfonamides is 1. The smallest absolute Gasteiger partial charge is 0.243 e. The summed E-state index contributed by atoms with van der Waals surface area (Å²) in [5.74, 6) is 0.536. The molecule has 4 nitrogen and oxygen atoms in total. The van der Waals surface area contributed by atoms with Crippen LogP contribution in [0.2, 0.25) is 5.02 Å². The summed E-state index contributed by atoms with van der Waals surface area (Å²) < 4.78 is 26.7. The van der Waals surface area contributed by atoms with Crippen LogP contribution in [0.4, 0.5) is 5.69 Å². The number of nitrogens with zero attached hydrogens (tertiary/aromatic N) is 1. The first kappa shape index (κ1) is 12.3.